The van der Waals surface area contributed by atoms with Crippen LogP contribution < -0.4 is 10.1 Å². The molecule has 0 radical (unpaired) electrons. The number of benzene rings is 2. The topological polar surface area (TPSA) is 58.6 Å². The lowest BCUT2D eigenvalue weighted by molar-refractivity contribution is -0.142. The van der Waals surface area contributed by atoms with Gasteiger partial charge in [0.2, 0.25) is 5.91 Å². The molecule has 1 N–H and O–H groups in total. The number of nitrogens with one attached hydrogen (secondary N) is 1. The highest BCUT2D eigenvalue weighted by atomic mass is 35.5. The highest BCUT2D eigenvalue weighted by Gasteiger charge is 2.26. The van der Waals surface area contributed by atoms with Gasteiger partial charge in [0.05, 0.1) is 0 Å². The third kappa shape index (κ3) is 6.00. The van der Waals surface area contributed by atoms with Crippen molar-refractivity contribution >= 4 is 23.4 Å². The third-order valence-electron chi connectivity index (χ3n) is 4.21. The number of carbonyl (C=O) groups is 2. The molecule has 0 aromatic heterocycles. The molecule has 1 atom stereocenters. The molecule has 0 heterocycles. The molecule has 2 amide bonds. The normalized spacial score (nSPS) is 11.6. The van der Waals surface area contributed by atoms with Crippen LogP contribution in [-0.4, -0.2) is 36.4 Å². The van der Waals surface area contributed by atoms with Gasteiger partial charge in [0.15, 0.2) is 6.61 Å². The van der Waals surface area contributed by atoms with Crippen LogP contribution in [0.15, 0.2) is 42.5 Å². The summed E-state index contributed by atoms with van der Waals surface area (Å²) in [4.78, 5) is 26.4. The van der Waals surface area contributed by atoms with E-state index >= 15 is 0 Å². The van der Waals surface area contributed by atoms with E-state index in [1.807, 2.05) is 44.2 Å². The summed E-state index contributed by atoms with van der Waals surface area (Å²) in [5.41, 5.74) is 2.97. The van der Waals surface area contributed by atoms with E-state index in [0.29, 0.717) is 10.8 Å². The van der Waals surface area contributed by atoms with E-state index in [4.69, 9.17) is 16.3 Å². The fourth-order valence-corrected chi connectivity index (χ4v) is 3.08. The summed E-state index contributed by atoms with van der Waals surface area (Å²) in [6.07, 6.45) is 0. The van der Waals surface area contributed by atoms with E-state index in [1.54, 1.807) is 26.1 Å². The number of halogens is 1. The van der Waals surface area contributed by atoms with E-state index in [0.717, 1.165) is 16.7 Å². The van der Waals surface area contributed by atoms with Crippen LogP contribution in [0.4, 0.5) is 0 Å². The van der Waals surface area contributed by atoms with Crippen LogP contribution in [0.3, 0.4) is 0 Å². The van der Waals surface area contributed by atoms with E-state index in [1.165, 1.54) is 4.90 Å². The highest BCUT2D eigenvalue weighted by Crippen LogP contribution is 2.18. The number of rotatable bonds is 7. The Morgan fingerprint density at radius 3 is 2.41 bits per heavy atom. The first-order valence-electron chi connectivity index (χ1n) is 8.76. The molecule has 2 aromatic rings. The van der Waals surface area contributed by atoms with Gasteiger partial charge in [-0.05, 0) is 61.7 Å². The summed E-state index contributed by atoms with van der Waals surface area (Å²) >= 11 is 6.04. The molecule has 0 fully saturated rings. The van der Waals surface area contributed by atoms with Crippen molar-refractivity contribution in [3.63, 3.8) is 0 Å². The number of aryl methyl sites for hydroxylation is 2. The Balaban J connectivity index is 2.15. The Morgan fingerprint density at radius 2 is 1.81 bits per heavy atom. The number of carbonyl (C=O) groups excluding carboxylic acids is 2. The molecule has 0 aliphatic heterocycles. The van der Waals surface area contributed by atoms with E-state index < -0.39 is 6.04 Å². The van der Waals surface area contributed by atoms with Gasteiger partial charge in [-0.2, -0.15) is 0 Å². The van der Waals surface area contributed by atoms with Crippen LogP contribution in [0, 0.1) is 13.8 Å². The predicted molar refractivity (Wildman–Crippen MR) is 107 cm³/mol. The minimum atomic E-state index is -0.635. The van der Waals surface area contributed by atoms with Gasteiger partial charge in [-0.1, -0.05) is 29.8 Å². The van der Waals surface area contributed by atoms with Gasteiger partial charge >= 0.3 is 0 Å². The minimum absolute atomic E-state index is 0.148. The molecule has 0 spiro atoms. The summed E-state index contributed by atoms with van der Waals surface area (Å²) in [7, 11) is 1.55. The number of hydrogen-bond acceptors (Lipinski definition) is 3. The summed E-state index contributed by atoms with van der Waals surface area (Å²) in [5.74, 6) is 0.123. The molecule has 27 heavy (non-hydrogen) atoms. The number of likely N-dealkylation sites (N-methyl/N-ethyl adjacent to an activating group) is 1. The van der Waals surface area contributed by atoms with Gasteiger partial charge in [0.1, 0.15) is 11.8 Å². The highest BCUT2D eigenvalue weighted by molar-refractivity contribution is 6.30. The maximum Gasteiger partial charge on any atom is 0.261 e. The van der Waals surface area contributed by atoms with Gasteiger partial charge in [0.25, 0.3) is 5.91 Å². The van der Waals surface area contributed by atoms with Gasteiger partial charge in [-0.25, -0.2) is 0 Å². The maximum absolute atomic E-state index is 12.8. The molecule has 144 valence electrons. The number of ether oxygens (including phenoxy) is 1. The van der Waals surface area contributed by atoms with E-state index in [9.17, 15) is 9.59 Å². The first-order valence-corrected chi connectivity index (χ1v) is 9.14. The summed E-state index contributed by atoms with van der Waals surface area (Å²) < 4.78 is 5.69. The summed E-state index contributed by atoms with van der Waals surface area (Å²) in [6.45, 7) is 5.76. The SMILES string of the molecule is CNC(=O)C(C)N(Cc1cccc(Cl)c1)C(=O)COc1cc(C)cc(C)c1. The number of hydrogen-bond donors (Lipinski definition) is 1. The van der Waals surface area contributed by atoms with Crippen LogP contribution in [0.2, 0.25) is 5.02 Å². The Hall–Kier alpha value is -2.53. The fourth-order valence-electron chi connectivity index (χ4n) is 2.87. The molecular weight excluding hydrogens is 364 g/mol. The van der Waals surface area contributed by atoms with E-state index in [-0.39, 0.29) is 25.0 Å². The fraction of sp³-hybridized carbons (Fsp3) is 0.333. The molecule has 2 rings (SSSR count). The van der Waals surface area contributed by atoms with Crippen molar-refractivity contribution in [2.45, 2.75) is 33.4 Å². The van der Waals surface area contributed by atoms with Crippen LogP contribution in [0.5, 0.6) is 5.75 Å². The van der Waals surface area contributed by atoms with Crippen LogP contribution in [0.25, 0.3) is 0 Å². The average molecular weight is 389 g/mol. The monoisotopic (exact) mass is 388 g/mol. The molecule has 0 saturated carbocycles. The lowest BCUT2D eigenvalue weighted by Crippen LogP contribution is -2.48. The lowest BCUT2D eigenvalue weighted by atomic mass is 10.1. The second kappa shape index (κ2) is 9.42. The number of amides is 2. The van der Waals surface area contributed by atoms with Crippen molar-refractivity contribution in [3.05, 3.63) is 64.2 Å². The summed E-state index contributed by atoms with van der Waals surface area (Å²) in [6, 6.07) is 12.4. The molecule has 0 bridgehead atoms. The van der Waals surface area contributed by atoms with Crippen molar-refractivity contribution in [3.8, 4) is 5.75 Å². The van der Waals surface area contributed by atoms with Crippen molar-refractivity contribution in [1.82, 2.24) is 10.2 Å². The van der Waals surface area contributed by atoms with Crippen molar-refractivity contribution in [2.24, 2.45) is 0 Å². The third-order valence-corrected chi connectivity index (χ3v) is 4.45. The van der Waals surface area contributed by atoms with Crippen molar-refractivity contribution in [2.75, 3.05) is 13.7 Å². The Bertz CT molecular complexity index is 803. The Morgan fingerprint density at radius 1 is 1.15 bits per heavy atom. The average Bonchev–Trinajstić information content (AvgIpc) is 2.62. The van der Waals surface area contributed by atoms with Crippen LogP contribution in [-0.2, 0) is 16.1 Å². The van der Waals surface area contributed by atoms with Gasteiger partial charge in [0, 0.05) is 18.6 Å². The molecule has 6 heteroatoms. The van der Waals surface area contributed by atoms with Crippen LogP contribution in [0.1, 0.15) is 23.6 Å². The zero-order chi connectivity index (χ0) is 20.0. The zero-order valence-electron chi connectivity index (χ0n) is 16.1. The van der Waals surface area contributed by atoms with Crippen LogP contribution >= 0.6 is 11.6 Å². The quantitative estimate of drug-likeness (QED) is 0.789. The van der Waals surface area contributed by atoms with Gasteiger partial charge in [-0.15, -0.1) is 0 Å². The maximum atomic E-state index is 12.8. The molecule has 0 aliphatic rings. The molecule has 0 aliphatic carbocycles. The zero-order valence-corrected chi connectivity index (χ0v) is 16.8. The molecule has 2 aromatic carbocycles. The molecule has 0 saturated heterocycles. The molecular formula is C21H25ClN2O3. The predicted octanol–water partition coefficient (Wildman–Crippen LogP) is 3.50. The van der Waals surface area contributed by atoms with Gasteiger partial charge < -0.3 is 15.0 Å². The summed E-state index contributed by atoms with van der Waals surface area (Å²) in [5, 5.41) is 3.17. The standard InChI is InChI=1S/C21H25ClN2O3/c1-14-8-15(2)10-19(9-14)27-13-20(25)24(16(3)21(26)23-4)12-17-6-5-7-18(22)11-17/h5-11,16H,12-13H2,1-4H3,(H,23,26). The first kappa shape index (κ1) is 20.8. The lowest BCUT2D eigenvalue weighted by Gasteiger charge is -2.28. The van der Waals surface area contributed by atoms with Crippen molar-refractivity contribution in [1.29, 1.82) is 0 Å². The second-order valence-electron chi connectivity index (χ2n) is 6.55. The Labute approximate surface area is 165 Å². The smallest absolute Gasteiger partial charge is 0.261 e. The first-order chi connectivity index (χ1) is 12.8. The second-order valence-corrected chi connectivity index (χ2v) is 6.99. The van der Waals surface area contributed by atoms with E-state index in [2.05, 4.69) is 5.32 Å². The van der Waals surface area contributed by atoms with Gasteiger partial charge in [-0.3, -0.25) is 9.59 Å². The molecule has 5 nitrogen and oxygen atoms in total. The number of nitrogens with zero attached hydrogens (tertiary/aromatic N) is 1. The largest absolute Gasteiger partial charge is 0.484 e. The minimum Gasteiger partial charge on any atom is -0.484 e. The molecule has 1 unspecified atom stereocenters. The van der Waals surface area contributed by atoms with Crippen molar-refractivity contribution < 1.29 is 14.3 Å². The Kier molecular flexibility index (Phi) is 7.25.